The number of carbonyl (C=O) groups is 1. The second-order valence-corrected chi connectivity index (χ2v) is 7.77. The Labute approximate surface area is 174 Å². The van der Waals surface area contributed by atoms with Crippen molar-refractivity contribution in [3.63, 3.8) is 0 Å². The fourth-order valence-electron chi connectivity index (χ4n) is 2.37. The van der Waals surface area contributed by atoms with E-state index in [0.717, 1.165) is 5.01 Å². The lowest BCUT2D eigenvalue weighted by molar-refractivity contribution is 0.103. The first-order chi connectivity index (χ1) is 14.2. The van der Waals surface area contributed by atoms with E-state index in [-0.39, 0.29) is 5.91 Å². The van der Waals surface area contributed by atoms with Crippen LogP contribution in [0.15, 0.2) is 54.4 Å². The lowest BCUT2D eigenvalue weighted by Gasteiger charge is -2.06. The molecule has 5 N–H and O–H groups in total. The standard InChI is InChI=1S/C18H16N8OS2/c19-11-3-1-2-4-12(11)25-17(27)13-8-22-18(29-13)26-15-7-14(23-10-24-15)21-9-16-20-5-6-28-16/h1-8,10H,9,19H2,(H,25,27)(H2,21,22,23,24,26). The number of nitrogens with zero attached hydrogens (tertiary/aromatic N) is 4. The van der Waals surface area contributed by atoms with Crippen LogP contribution in [-0.2, 0) is 6.54 Å². The molecule has 11 heteroatoms. The Morgan fingerprint density at radius 2 is 1.97 bits per heavy atom. The van der Waals surface area contributed by atoms with Crippen molar-refractivity contribution in [3.05, 3.63) is 64.3 Å². The zero-order valence-corrected chi connectivity index (χ0v) is 16.6. The molecule has 1 amide bonds. The molecule has 1 aromatic carbocycles. The third-order valence-electron chi connectivity index (χ3n) is 3.74. The van der Waals surface area contributed by atoms with Crippen LogP contribution in [0.25, 0.3) is 0 Å². The van der Waals surface area contributed by atoms with Crippen LogP contribution in [-0.4, -0.2) is 25.8 Å². The highest BCUT2D eigenvalue weighted by molar-refractivity contribution is 7.17. The van der Waals surface area contributed by atoms with Gasteiger partial charge in [0.15, 0.2) is 5.13 Å². The molecular weight excluding hydrogens is 408 g/mol. The molecule has 3 heterocycles. The second-order valence-electron chi connectivity index (χ2n) is 5.76. The fraction of sp³-hybridized carbons (Fsp3) is 0.0556. The number of benzene rings is 1. The zero-order chi connectivity index (χ0) is 20.1. The zero-order valence-electron chi connectivity index (χ0n) is 15.0. The highest BCUT2D eigenvalue weighted by atomic mass is 32.1. The molecule has 4 rings (SSSR count). The lowest BCUT2D eigenvalue weighted by atomic mass is 10.2. The molecule has 3 aromatic heterocycles. The minimum atomic E-state index is -0.276. The summed E-state index contributed by atoms with van der Waals surface area (Å²) < 4.78 is 0. The smallest absolute Gasteiger partial charge is 0.267 e. The van der Waals surface area contributed by atoms with Gasteiger partial charge in [0.05, 0.1) is 24.1 Å². The maximum Gasteiger partial charge on any atom is 0.267 e. The van der Waals surface area contributed by atoms with Crippen molar-refractivity contribution < 1.29 is 4.79 Å². The molecule has 0 aliphatic carbocycles. The van der Waals surface area contributed by atoms with Crippen LogP contribution in [0, 0.1) is 0 Å². The molecule has 0 saturated heterocycles. The molecule has 0 aliphatic rings. The van der Waals surface area contributed by atoms with Gasteiger partial charge in [0.1, 0.15) is 27.8 Å². The van der Waals surface area contributed by atoms with Crippen LogP contribution in [0.3, 0.4) is 0 Å². The number of thiazole rings is 2. The first-order valence-corrected chi connectivity index (χ1v) is 10.2. The summed E-state index contributed by atoms with van der Waals surface area (Å²) in [5.74, 6) is 0.948. The van der Waals surface area contributed by atoms with Crippen LogP contribution >= 0.6 is 22.7 Å². The topological polar surface area (TPSA) is 131 Å². The number of aromatic nitrogens is 4. The van der Waals surface area contributed by atoms with Crippen LogP contribution in [0.1, 0.15) is 14.7 Å². The van der Waals surface area contributed by atoms with E-state index in [1.54, 1.807) is 41.8 Å². The van der Waals surface area contributed by atoms with Crippen molar-refractivity contribution in [2.75, 3.05) is 21.7 Å². The van der Waals surface area contributed by atoms with Gasteiger partial charge in [-0.1, -0.05) is 23.5 Å². The number of nitrogen functional groups attached to an aromatic ring is 1. The molecule has 0 unspecified atom stereocenters. The van der Waals surface area contributed by atoms with Crippen LogP contribution in [0.5, 0.6) is 0 Å². The highest BCUT2D eigenvalue weighted by Gasteiger charge is 2.12. The Bertz CT molecular complexity index is 1110. The van der Waals surface area contributed by atoms with Crippen LogP contribution in [0.2, 0.25) is 0 Å². The lowest BCUT2D eigenvalue weighted by Crippen LogP contribution is -2.11. The first-order valence-electron chi connectivity index (χ1n) is 8.50. The van der Waals surface area contributed by atoms with E-state index in [1.807, 2.05) is 11.4 Å². The van der Waals surface area contributed by atoms with Crippen molar-refractivity contribution in [1.82, 2.24) is 19.9 Å². The molecule has 0 bridgehead atoms. The van der Waals surface area contributed by atoms with Gasteiger partial charge in [0.25, 0.3) is 5.91 Å². The van der Waals surface area contributed by atoms with E-state index in [2.05, 4.69) is 35.9 Å². The van der Waals surface area contributed by atoms with E-state index in [9.17, 15) is 4.79 Å². The van der Waals surface area contributed by atoms with Crippen molar-refractivity contribution in [1.29, 1.82) is 0 Å². The van der Waals surface area contributed by atoms with E-state index >= 15 is 0 Å². The third kappa shape index (κ3) is 4.83. The molecule has 0 spiro atoms. The minimum Gasteiger partial charge on any atom is -0.397 e. The number of hydrogen-bond acceptors (Lipinski definition) is 10. The summed E-state index contributed by atoms with van der Waals surface area (Å²) in [6.45, 7) is 0.582. The number of nitrogens with one attached hydrogen (secondary N) is 3. The number of amides is 1. The Balaban J connectivity index is 1.39. The minimum absolute atomic E-state index is 0.276. The molecule has 0 saturated carbocycles. The van der Waals surface area contributed by atoms with Crippen molar-refractivity contribution in [2.24, 2.45) is 0 Å². The average molecular weight is 425 g/mol. The Morgan fingerprint density at radius 1 is 1.10 bits per heavy atom. The van der Waals surface area contributed by atoms with Crippen molar-refractivity contribution in [2.45, 2.75) is 6.54 Å². The summed E-state index contributed by atoms with van der Waals surface area (Å²) in [6, 6.07) is 8.85. The van der Waals surface area contributed by atoms with Crippen LogP contribution < -0.4 is 21.7 Å². The number of anilines is 5. The van der Waals surface area contributed by atoms with Gasteiger partial charge >= 0.3 is 0 Å². The summed E-state index contributed by atoms with van der Waals surface area (Å²) in [5.41, 5.74) is 6.93. The normalized spacial score (nSPS) is 10.5. The van der Waals surface area contributed by atoms with Gasteiger partial charge in [-0.2, -0.15) is 0 Å². The van der Waals surface area contributed by atoms with Gasteiger partial charge in [-0.25, -0.2) is 19.9 Å². The van der Waals surface area contributed by atoms with Crippen molar-refractivity contribution in [3.8, 4) is 0 Å². The predicted molar refractivity (Wildman–Crippen MR) is 116 cm³/mol. The molecule has 29 heavy (non-hydrogen) atoms. The molecule has 9 nitrogen and oxygen atoms in total. The number of carbonyl (C=O) groups excluding carboxylic acids is 1. The monoisotopic (exact) mass is 424 g/mol. The first kappa shape index (κ1) is 18.8. The maximum absolute atomic E-state index is 12.4. The Kier molecular flexibility index (Phi) is 5.59. The summed E-state index contributed by atoms with van der Waals surface area (Å²) in [6.07, 6.45) is 4.72. The molecule has 146 valence electrons. The Morgan fingerprint density at radius 3 is 2.79 bits per heavy atom. The third-order valence-corrected chi connectivity index (χ3v) is 5.44. The molecule has 0 fully saturated rings. The number of rotatable bonds is 7. The van der Waals surface area contributed by atoms with Gasteiger partial charge in [-0.3, -0.25) is 4.79 Å². The van der Waals surface area contributed by atoms with Gasteiger partial charge in [-0.15, -0.1) is 11.3 Å². The van der Waals surface area contributed by atoms with Crippen molar-refractivity contribution >= 4 is 56.7 Å². The summed E-state index contributed by atoms with van der Waals surface area (Å²) in [7, 11) is 0. The van der Waals surface area contributed by atoms with E-state index < -0.39 is 0 Å². The predicted octanol–water partition coefficient (Wildman–Crippen LogP) is 3.58. The molecule has 0 atom stereocenters. The van der Waals surface area contributed by atoms with Gasteiger partial charge in [0, 0.05) is 17.6 Å². The van der Waals surface area contributed by atoms with Gasteiger partial charge in [0.2, 0.25) is 0 Å². The number of hydrogen-bond donors (Lipinski definition) is 4. The van der Waals surface area contributed by atoms with Gasteiger partial charge in [-0.05, 0) is 12.1 Å². The Hall–Kier alpha value is -3.57. The van der Waals surface area contributed by atoms with Crippen LogP contribution in [0.4, 0.5) is 28.1 Å². The summed E-state index contributed by atoms with van der Waals surface area (Å²) in [4.78, 5) is 29.7. The number of nitrogens with two attached hydrogens (primary N) is 1. The quantitative estimate of drug-likeness (QED) is 0.331. The summed E-state index contributed by atoms with van der Waals surface area (Å²) >= 11 is 2.78. The molecular formula is C18H16N8OS2. The largest absolute Gasteiger partial charge is 0.397 e. The second kappa shape index (κ2) is 8.63. The molecule has 0 radical (unpaired) electrons. The van der Waals surface area contributed by atoms with Gasteiger partial charge < -0.3 is 21.7 Å². The molecule has 4 aromatic rings. The maximum atomic E-state index is 12.4. The number of para-hydroxylation sites is 2. The van der Waals surface area contributed by atoms with E-state index in [4.69, 9.17) is 5.73 Å². The summed E-state index contributed by atoms with van der Waals surface area (Å²) in [5, 5.41) is 12.5. The molecule has 0 aliphatic heterocycles. The highest BCUT2D eigenvalue weighted by Crippen LogP contribution is 2.24. The average Bonchev–Trinajstić information content (AvgIpc) is 3.41. The SMILES string of the molecule is Nc1ccccc1NC(=O)c1cnc(Nc2cc(NCc3nccs3)ncn2)s1. The van der Waals surface area contributed by atoms with E-state index in [1.165, 1.54) is 23.9 Å². The fourth-order valence-corrected chi connectivity index (χ4v) is 3.64. The van der Waals surface area contributed by atoms with E-state index in [0.29, 0.717) is 39.6 Å².